The first-order valence-corrected chi connectivity index (χ1v) is 8.57. The van der Waals surface area contributed by atoms with E-state index in [2.05, 4.69) is 15.6 Å². The minimum Gasteiger partial charge on any atom is -0.393 e. The molecule has 2 atom stereocenters. The lowest BCUT2D eigenvalue weighted by Gasteiger charge is -2.27. The van der Waals surface area contributed by atoms with Crippen LogP contribution in [0.1, 0.15) is 45.7 Å². The third-order valence-electron chi connectivity index (χ3n) is 4.10. The summed E-state index contributed by atoms with van der Waals surface area (Å²) >= 11 is 0. The lowest BCUT2D eigenvalue weighted by Crippen LogP contribution is -2.42. The summed E-state index contributed by atoms with van der Waals surface area (Å²) in [6.07, 6.45) is 5.61. The second-order valence-corrected chi connectivity index (χ2v) is 7.33. The van der Waals surface area contributed by atoms with Crippen molar-refractivity contribution >= 4 is 6.03 Å². The molecule has 0 fully saturated rings. The molecule has 0 bridgehead atoms. The van der Waals surface area contributed by atoms with E-state index in [1.807, 2.05) is 55.8 Å². The Balaban J connectivity index is 1.92. The van der Waals surface area contributed by atoms with Crippen molar-refractivity contribution in [2.45, 2.75) is 46.3 Å². The summed E-state index contributed by atoms with van der Waals surface area (Å²) in [7, 11) is 0. The summed E-state index contributed by atoms with van der Waals surface area (Å²) in [5.41, 5.74) is 1.86. The molecule has 136 valence electrons. The van der Waals surface area contributed by atoms with Gasteiger partial charge in [-0.15, -0.1) is 0 Å². The smallest absolute Gasteiger partial charge is 0.315 e. The number of hydrogen-bond donors (Lipinski definition) is 3. The number of carbonyl (C=O) groups is 1. The minimum absolute atomic E-state index is 0.122. The summed E-state index contributed by atoms with van der Waals surface area (Å²) in [6.45, 7) is 8.27. The lowest BCUT2D eigenvalue weighted by atomic mass is 9.87. The summed E-state index contributed by atoms with van der Waals surface area (Å²) in [4.78, 5) is 16.2. The fraction of sp³-hybridized carbons (Fsp3) is 0.474. The van der Waals surface area contributed by atoms with E-state index < -0.39 is 0 Å². The Morgan fingerprint density at radius 2 is 2.12 bits per heavy atom. The number of aliphatic hydroxyl groups excluding tert-OH is 1. The summed E-state index contributed by atoms with van der Waals surface area (Å²) in [5.74, 6) is 0. The predicted octanol–water partition coefficient (Wildman–Crippen LogP) is 3.03. The van der Waals surface area contributed by atoms with Crippen molar-refractivity contribution < 1.29 is 9.90 Å². The molecule has 3 N–H and O–H groups in total. The van der Waals surface area contributed by atoms with Crippen molar-refractivity contribution in [3.05, 3.63) is 48.5 Å². The number of aromatic nitrogens is 2. The maximum absolute atomic E-state index is 12.2. The first-order valence-electron chi connectivity index (χ1n) is 8.57. The second-order valence-electron chi connectivity index (χ2n) is 7.33. The van der Waals surface area contributed by atoms with Crippen LogP contribution in [0, 0.1) is 5.41 Å². The molecule has 0 aliphatic carbocycles. The van der Waals surface area contributed by atoms with Crippen molar-refractivity contribution in [1.29, 1.82) is 0 Å². The summed E-state index contributed by atoms with van der Waals surface area (Å²) in [5, 5.41) is 15.4. The minimum atomic E-state index is -0.385. The fourth-order valence-corrected chi connectivity index (χ4v) is 2.89. The van der Waals surface area contributed by atoms with Gasteiger partial charge in [0.15, 0.2) is 0 Å². The highest BCUT2D eigenvalue weighted by Crippen LogP contribution is 2.21. The van der Waals surface area contributed by atoms with Crippen LogP contribution in [0.4, 0.5) is 4.79 Å². The SMILES string of the molecule is CC(O)CC(C)(C)CNC(=O)NC(C)c1cccc(-n2ccnc2)c1. The third-order valence-corrected chi connectivity index (χ3v) is 4.10. The molecule has 25 heavy (non-hydrogen) atoms. The summed E-state index contributed by atoms with van der Waals surface area (Å²) in [6, 6.07) is 7.65. The van der Waals surface area contributed by atoms with Crippen molar-refractivity contribution in [2.75, 3.05) is 6.54 Å². The van der Waals surface area contributed by atoms with Crippen LogP contribution in [-0.4, -0.2) is 33.3 Å². The van der Waals surface area contributed by atoms with Crippen molar-refractivity contribution in [3.63, 3.8) is 0 Å². The molecule has 1 heterocycles. The molecule has 0 saturated carbocycles. The van der Waals surface area contributed by atoms with Gasteiger partial charge in [-0.2, -0.15) is 0 Å². The topological polar surface area (TPSA) is 79.2 Å². The van der Waals surface area contributed by atoms with Gasteiger partial charge in [-0.1, -0.05) is 26.0 Å². The van der Waals surface area contributed by atoms with Gasteiger partial charge in [0.05, 0.1) is 18.5 Å². The average molecular weight is 344 g/mol. The first-order chi connectivity index (χ1) is 11.8. The van der Waals surface area contributed by atoms with Gasteiger partial charge in [0.1, 0.15) is 0 Å². The third kappa shape index (κ3) is 5.90. The van der Waals surface area contributed by atoms with Crippen LogP contribution in [0.5, 0.6) is 0 Å². The molecular weight excluding hydrogens is 316 g/mol. The highest BCUT2D eigenvalue weighted by molar-refractivity contribution is 5.74. The molecule has 6 heteroatoms. The van der Waals surface area contributed by atoms with Gasteiger partial charge in [-0.05, 0) is 43.4 Å². The van der Waals surface area contributed by atoms with E-state index in [4.69, 9.17) is 0 Å². The van der Waals surface area contributed by atoms with Crippen LogP contribution in [0.25, 0.3) is 5.69 Å². The van der Waals surface area contributed by atoms with E-state index >= 15 is 0 Å². The predicted molar refractivity (Wildman–Crippen MR) is 98.6 cm³/mol. The van der Waals surface area contributed by atoms with E-state index in [-0.39, 0.29) is 23.6 Å². The van der Waals surface area contributed by atoms with E-state index in [1.165, 1.54) is 0 Å². The van der Waals surface area contributed by atoms with Gasteiger partial charge in [0.2, 0.25) is 0 Å². The Morgan fingerprint density at radius 3 is 2.76 bits per heavy atom. The number of rotatable bonds is 7. The molecule has 6 nitrogen and oxygen atoms in total. The van der Waals surface area contributed by atoms with Crippen LogP contribution >= 0.6 is 0 Å². The fourth-order valence-electron chi connectivity index (χ4n) is 2.89. The molecule has 0 spiro atoms. The summed E-state index contributed by atoms with van der Waals surface area (Å²) < 4.78 is 1.93. The number of nitrogens with one attached hydrogen (secondary N) is 2. The number of amides is 2. The van der Waals surface area contributed by atoms with Gasteiger partial charge in [-0.3, -0.25) is 0 Å². The van der Waals surface area contributed by atoms with Gasteiger partial charge >= 0.3 is 6.03 Å². The standard InChI is InChI=1S/C19H28N4O2/c1-14(24)11-19(3,4)12-21-18(25)22-15(2)16-6-5-7-17(10-16)23-9-8-20-13-23/h5-10,13-15,24H,11-12H2,1-4H3,(H2,21,22,25). The molecule has 2 rings (SSSR count). The maximum Gasteiger partial charge on any atom is 0.315 e. The molecule has 0 radical (unpaired) electrons. The number of hydrogen-bond acceptors (Lipinski definition) is 3. The molecule has 1 aromatic heterocycles. The average Bonchev–Trinajstić information content (AvgIpc) is 3.06. The zero-order valence-electron chi connectivity index (χ0n) is 15.4. The zero-order chi connectivity index (χ0) is 18.4. The van der Waals surface area contributed by atoms with Crippen molar-refractivity contribution in [2.24, 2.45) is 5.41 Å². The number of urea groups is 1. The number of nitrogens with zero attached hydrogens (tertiary/aromatic N) is 2. The number of aliphatic hydroxyl groups is 1. The zero-order valence-corrected chi connectivity index (χ0v) is 15.4. The van der Waals surface area contributed by atoms with E-state index in [9.17, 15) is 9.90 Å². The first kappa shape index (κ1) is 19.0. The van der Waals surface area contributed by atoms with Gasteiger partial charge in [0.25, 0.3) is 0 Å². The molecular formula is C19H28N4O2. The van der Waals surface area contributed by atoms with E-state index in [1.54, 1.807) is 19.4 Å². The Labute approximate surface area is 149 Å². The lowest BCUT2D eigenvalue weighted by molar-refractivity contribution is 0.128. The van der Waals surface area contributed by atoms with E-state index in [0.717, 1.165) is 11.3 Å². The molecule has 1 aromatic carbocycles. The molecule has 0 aliphatic heterocycles. The molecule has 2 amide bonds. The van der Waals surface area contributed by atoms with Crippen LogP contribution in [-0.2, 0) is 0 Å². The highest BCUT2D eigenvalue weighted by Gasteiger charge is 2.21. The Morgan fingerprint density at radius 1 is 1.36 bits per heavy atom. The molecule has 0 aliphatic rings. The van der Waals surface area contributed by atoms with Gasteiger partial charge in [0, 0.05) is 24.6 Å². The maximum atomic E-state index is 12.2. The highest BCUT2D eigenvalue weighted by atomic mass is 16.3. The molecule has 2 unspecified atom stereocenters. The van der Waals surface area contributed by atoms with Crippen LogP contribution in [0.3, 0.4) is 0 Å². The van der Waals surface area contributed by atoms with Crippen LogP contribution in [0.15, 0.2) is 43.0 Å². The second kappa shape index (κ2) is 8.16. The van der Waals surface area contributed by atoms with Gasteiger partial charge < -0.3 is 20.3 Å². The molecule has 2 aromatic rings. The van der Waals surface area contributed by atoms with Crippen LogP contribution < -0.4 is 10.6 Å². The monoisotopic (exact) mass is 344 g/mol. The van der Waals surface area contributed by atoms with Crippen LogP contribution in [0.2, 0.25) is 0 Å². The molecule has 0 saturated heterocycles. The number of benzene rings is 1. The van der Waals surface area contributed by atoms with Gasteiger partial charge in [-0.25, -0.2) is 9.78 Å². The Kier molecular flexibility index (Phi) is 6.20. The quantitative estimate of drug-likeness (QED) is 0.722. The largest absolute Gasteiger partial charge is 0.393 e. The number of imidazole rings is 1. The van der Waals surface area contributed by atoms with Crippen molar-refractivity contribution in [1.82, 2.24) is 20.2 Å². The Bertz CT molecular complexity index is 680. The Hall–Kier alpha value is -2.34. The number of carbonyl (C=O) groups excluding carboxylic acids is 1. The van der Waals surface area contributed by atoms with Crippen molar-refractivity contribution in [3.8, 4) is 5.69 Å². The van der Waals surface area contributed by atoms with E-state index in [0.29, 0.717) is 13.0 Å². The normalized spacial score (nSPS) is 14.0.